The molecule has 1 atom stereocenters. The van der Waals surface area contributed by atoms with Gasteiger partial charge in [0.05, 0.1) is 24.9 Å². The van der Waals surface area contributed by atoms with Crippen LogP contribution in [0.15, 0.2) is 71.6 Å². The zero-order chi connectivity index (χ0) is 32.4. The first-order chi connectivity index (χ1) is 21.5. The van der Waals surface area contributed by atoms with Gasteiger partial charge in [-0.25, -0.2) is 0 Å². The summed E-state index contributed by atoms with van der Waals surface area (Å²) in [5.74, 6) is 0.573. The lowest BCUT2D eigenvalue weighted by molar-refractivity contribution is -0.274. The Hall–Kier alpha value is -3.83. The van der Waals surface area contributed by atoms with Crippen molar-refractivity contribution in [2.45, 2.75) is 75.7 Å². The lowest BCUT2D eigenvalue weighted by atomic mass is 10.0. The van der Waals surface area contributed by atoms with E-state index in [-0.39, 0.29) is 36.2 Å². The molecule has 0 unspecified atom stereocenters. The second-order valence-corrected chi connectivity index (χ2v) is 12.1. The first kappa shape index (κ1) is 34.1. The quantitative estimate of drug-likeness (QED) is 0.137. The van der Waals surface area contributed by atoms with Crippen molar-refractivity contribution in [2.75, 3.05) is 17.3 Å². The number of alkyl halides is 3. The molecule has 1 aliphatic rings. The third-order valence-electron chi connectivity index (χ3n) is 7.33. The molecular weight excluding hydrogens is 605 g/mol. The standard InChI is InChI=1S/C34H37F3N2O5S/c1-23(40)6-4-2-3-5-19-43-27-13-7-24(8-14-27)11-17-31(41)26-12-18-32-30(20-26)39(33(42)29(38)22-45-32)21-25-9-15-28(16-10-25)44-34(35,36)37/h7-10,12-16,18,20,29H,2-6,11,17,19,21-22,38H2,1H3/t29-/m0/s1. The molecule has 3 aromatic carbocycles. The van der Waals surface area contributed by atoms with Crippen molar-refractivity contribution in [3.8, 4) is 11.5 Å². The van der Waals surface area contributed by atoms with E-state index in [2.05, 4.69) is 4.74 Å². The van der Waals surface area contributed by atoms with Crippen molar-refractivity contribution in [3.05, 3.63) is 83.4 Å². The number of aryl methyl sites for hydroxylation is 1. The Morgan fingerprint density at radius 2 is 1.58 bits per heavy atom. The van der Waals surface area contributed by atoms with Gasteiger partial charge in [-0.05, 0) is 73.7 Å². The minimum Gasteiger partial charge on any atom is -0.494 e. The number of thioether (sulfide) groups is 1. The highest BCUT2D eigenvalue weighted by molar-refractivity contribution is 7.99. The van der Waals surface area contributed by atoms with Gasteiger partial charge < -0.3 is 24.9 Å². The van der Waals surface area contributed by atoms with Gasteiger partial charge in [0, 0.05) is 29.1 Å². The Morgan fingerprint density at radius 3 is 2.27 bits per heavy atom. The number of hydrogen-bond donors (Lipinski definition) is 1. The number of unbranched alkanes of at least 4 members (excludes halogenated alkanes) is 3. The van der Waals surface area contributed by atoms with E-state index in [4.69, 9.17) is 10.5 Å². The molecule has 0 radical (unpaired) electrons. The molecule has 1 heterocycles. The summed E-state index contributed by atoms with van der Waals surface area (Å²) >= 11 is 1.42. The maximum absolute atomic E-state index is 13.2. The van der Waals surface area contributed by atoms with Crippen LogP contribution in [0.25, 0.3) is 0 Å². The number of nitrogens with two attached hydrogens (primary N) is 1. The highest BCUT2D eigenvalue weighted by Gasteiger charge is 2.32. The summed E-state index contributed by atoms with van der Waals surface area (Å²) in [4.78, 5) is 39.7. The molecule has 11 heteroatoms. The minimum absolute atomic E-state index is 0.0678. The van der Waals surface area contributed by atoms with Crippen LogP contribution in [0.4, 0.5) is 18.9 Å². The van der Waals surface area contributed by atoms with Gasteiger partial charge in [0.2, 0.25) is 5.91 Å². The number of fused-ring (bicyclic) bond motifs is 1. The van der Waals surface area contributed by atoms with Crippen LogP contribution in [0.5, 0.6) is 11.5 Å². The number of hydrogen-bond acceptors (Lipinski definition) is 7. The second-order valence-electron chi connectivity index (χ2n) is 11.0. The number of rotatable bonds is 15. The Bertz CT molecular complexity index is 1460. The summed E-state index contributed by atoms with van der Waals surface area (Å²) in [5, 5.41) is 0. The molecule has 7 nitrogen and oxygen atoms in total. The summed E-state index contributed by atoms with van der Waals surface area (Å²) in [5.41, 5.74) is 8.70. The average Bonchev–Trinajstić information content (AvgIpc) is 3.11. The normalized spacial score (nSPS) is 14.9. The minimum atomic E-state index is -4.80. The lowest BCUT2D eigenvalue weighted by Gasteiger charge is -2.25. The molecule has 1 aliphatic heterocycles. The molecule has 0 saturated heterocycles. The van der Waals surface area contributed by atoms with Crippen LogP contribution >= 0.6 is 11.8 Å². The van der Waals surface area contributed by atoms with E-state index in [1.54, 1.807) is 25.1 Å². The Kier molecular flexibility index (Phi) is 12.1. The van der Waals surface area contributed by atoms with E-state index in [9.17, 15) is 27.6 Å². The van der Waals surface area contributed by atoms with Crippen LogP contribution in [0.3, 0.4) is 0 Å². The first-order valence-corrected chi connectivity index (χ1v) is 15.9. The molecule has 0 saturated carbocycles. The van der Waals surface area contributed by atoms with Gasteiger partial charge in [-0.1, -0.05) is 43.2 Å². The van der Waals surface area contributed by atoms with Gasteiger partial charge in [0.25, 0.3) is 0 Å². The number of anilines is 1. The van der Waals surface area contributed by atoms with Gasteiger partial charge >= 0.3 is 6.36 Å². The third-order valence-corrected chi connectivity index (χ3v) is 8.51. The smallest absolute Gasteiger partial charge is 0.494 e. The summed E-state index contributed by atoms with van der Waals surface area (Å²) in [6.07, 6.45) is 0.491. The van der Waals surface area contributed by atoms with E-state index in [1.807, 2.05) is 24.3 Å². The number of Topliss-reactive ketones (excluding diaryl/α,β-unsaturated/α-hetero) is 2. The average molecular weight is 643 g/mol. The van der Waals surface area contributed by atoms with Gasteiger partial charge in [0.15, 0.2) is 5.78 Å². The van der Waals surface area contributed by atoms with E-state index >= 15 is 0 Å². The number of ether oxygens (including phenoxy) is 2. The van der Waals surface area contributed by atoms with E-state index < -0.39 is 12.4 Å². The van der Waals surface area contributed by atoms with Crippen LogP contribution < -0.4 is 20.1 Å². The van der Waals surface area contributed by atoms with Crippen molar-refractivity contribution >= 4 is 34.9 Å². The molecule has 45 heavy (non-hydrogen) atoms. The van der Waals surface area contributed by atoms with E-state index in [1.165, 1.54) is 40.9 Å². The summed E-state index contributed by atoms with van der Waals surface area (Å²) in [6.45, 7) is 2.29. The maximum atomic E-state index is 13.2. The van der Waals surface area contributed by atoms with Crippen LogP contribution in [0.1, 0.15) is 66.9 Å². The Labute approximate surface area is 265 Å². The van der Waals surface area contributed by atoms with Crippen molar-refractivity contribution in [3.63, 3.8) is 0 Å². The van der Waals surface area contributed by atoms with Crippen LogP contribution in [0, 0.1) is 0 Å². The molecule has 3 aromatic rings. The number of amides is 1. The maximum Gasteiger partial charge on any atom is 0.573 e. The highest BCUT2D eigenvalue weighted by atomic mass is 32.2. The fourth-order valence-corrected chi connectivity index (χ4v) is 5.89. The molecule has 0 aromatic heterocycles. The van der Waals surface area contributed by atoms with Crippen molar-refractivity contribution in [1.29, 1.82) is 0 Å². The Balaban J connectivity index is 1.35. The molecule has 0 aliphatic carbocycles. The number of halogens is 3. The fraction of sp³-hybridized carbons (Fsp3) is 0.382. The largest absolute Gasteiger partial charge is 0.573 e. The molecule has 4 rings (SSSR count). The van der Waals surface area contributed by atoms with Crippen LogP contribution in [-0.2, 0) is 22.6 Å². The Morgan fingerprint density at radius 1 is 0.911 bits per heavy atom. The summed E-state index contributed by atoms with van der Waals surface area (Å²) in [7, 11) is 0. The van der Waals surface area contributed by atoms with Gasteiger partial charge in [-0.3, -0.25) is 9.59 Å². The van der Waals surface area contributed by atoms with Gasteiger partial charge in [0.1, 0.15) is 17.3 Å². The predicted molar refractivity (Wildman–Crippen MR) is 168 cm³/mol. The molecule has 0 spiro atoms. The lowest BCUT2D eigenvalue weighted by Crippen LogP contribution is -2.44. The van der Waals surface area contributed by atoms with Gasteiger partial charge in [-0.2, -0.15) is 0 Å². The van der Waals surface area contributed by atoms with Crippen LogP contribution in [0.2, 0.25) is 0 Å². The summed E-state index contributed by atoms with van der Waals surface area (Å²) < 4.78 is 47.4. The zero-order valence-electron chi connectivity index (χ0n) is 25.1. The second kappa shape index (κ2) is 15.9. The first-order valence-electron chi connectivity index (χ1n) is 14.9. The van der Waals surface area contributed by atoms with E-state index in [0.717, 1.165) is 41.9 Å². The van der Waals surface area contributed by atoms with Gasteiger partial charge in [-0.15, -0.1) is 24.9 Å². The van der Waals surface area contributed by atoms with Crippen molar-refractivity contribution in [2.24, 2.45) is 5.73 Å². The summed E-state index contributed by atoms with van der Waals surface area (Å²) in [6, 6.07) is 17.4. The molecule has 0 fully saturated rings. The molecule has 0 bridgehead atoms. The SMILES string of the molecule is CC(=O)CCCCCCOc1ccc(CCC(=O)c2ccc3c(c2)N(Cc2ccc(OC(F)(F)F)cc2)C(=O)[C@@H](N)CS3)cc1. The molecule has 2 N–H and O–H groups in total. The van der Waals surface area contributed by atoms with Crippen molar-refractivity contribution < 1.29 is 37.0 Å². The monoisotopic (exact) mass is 642 g/mol. The zero-order valence-corrected chi connectivity index (χ0v) is 25.9. The molecule has 1 amide bonds. The van der Waals surface area contributed by atoms with E-state index in [0.29, 0.717) is 42.0 Å². The number of benzene rings is 3. The molecule has 240 valence electrons. The third kappa shape index (κ3) is 10.6. The molecular formula is C34H37F3N2O5S. The topological polar surface area (TPSA) is 98.9 Å². The number of carbonyl (C=O) groups is 3. The number of nitrogens with zero attached hydrogens (tertiary/aromatic N) is 1. The number of ketones is 2. The highest BCUT2D eigenvalue weighted by Crippen LogP contribution is 2.36. The fourth-order valence-electron chi connectivity index (χ4n) is 4.91. The van der Waals surface area contributed by atoms with Crippen molar-refractivity contribution in [1.82, 2.24) is 0 Å². The predicted octanol–water partition coefficient (Wildman–Crippen LogP) is 7.29. The van der Waals surface area contributed by atoms with Crippen LogP contribution in [-0.4, -0.2) is 42.2 Å². The number of carbonyl (C=O) groups excluding carboxylic acids is 3.